The molecule has 0 fully saturated rings. The molecule has 0 aliphatic carbocycles. The van der Waals surface area contributed by atoms with Gasteiger partial charge in [-0.15, -0.1) is 0 Å². The topological polar surface area (TPSA) is 100 Å². The van der Waals surface area contributed by atoms with Gasteiger partial charge in [0.1, 0.15) is 12.1 Å². The van der Waals surface area contributed by atoms with E-state index in [1.165, 1.54) is 11.1 Å². The van der Waals surface area contributed by atoms with E-state index >= 15 is 0 Å². The minimum absolute atomic E-state index is 0.249. The highest BCUT2D eigenvalue weighted by Crippen LogP contribution is 2.38. The van der Waals surface area contributed by atoms with Crippen LogP contribution in [0.2, 0.25) is 0 Å². The van der Waals surface area contributed by atoms with Crippen LogP contribution in [0, 0.1) is 45.3 Å². The van der Waals surface area contributed by atoms with Gasteiger partial charge in [0.25, 0.3) is 0 Å². The fourth-order valence-corrected chi connectivity index (χ4v) is 6.07. The summed E-state index contributed by atoms with van der Waals surface area (Å²) >= 11 is 0. The molecule has 37 heavy (non-hydrogen) atoms. The van der Waals surface area contributed by atoms with E-state index < -0.39 is 0 Å². The molecule has 0 saturated carbocycles. The van der Waals surface area contributed by atoms with Crippen molar-refractivity contribution in [2.45, 2.75) is 19.3 Å². The van der Waals surface area contributed by atoms with E-state index in [0.29, 0.717) is 44.1 Å². The van der Waals surface area contributed by atoms with Crippen molar-refractivity contribution >= 4 is 39.6 Å². The fraction of sp³-hybridized carbons (Fsp3) is 0.0968. The van der Waals surface area contributed by atoms with Crippen LogP contribution in [-0.4, -0.2) is 11.3 Å². The maximum Gasteiger partial charge on any atom is 0.328 e. The molecule has 0 bridgehead atoms. The van der Waals surface area contributed by atoms with Crippen LogP contribution >= 0.6 is 0 Å². The Morgan fingerprint density at radius 2 is 1.05 bits per heavy atom. The van der Waals surface area contributed by atoms with E-state index in [2.05, 4.69) is 66.9 Å². The van der Waals surface area contributed by atoms with Crippen molar-refractivity contribution in [1.29, 1.82) is 21.0 Å². The van der Waals surface area contributed by atoms with Crippen LogP contribution in [-0.2, 0) is 5.41 Å². The summed E-state index contributed by atoms with van der Waals surface area (Å²) in [7, 11) is 0. The van der Waals surface area contributed by atoms with Gasteiger partial charge in [-0.2, -0.15) is 21.0 Å². The molecule has 4 aromatic carbocycles. The molecule has 6 rings (SSSR count). The van der Waals surface area contributed by atoms with Gasteiger partial charge in [-0.05, 0) is 46.3 Å². The largest absolute Gasteiger partial charge is 0.374 e. The predicted octanol–water partition coefficient (Wildman–Crippen LogP) is 4.57. The van der Waals surface area contributed by atoms with E-state index in [0.717, 1.165) is 10.9 Å². The Morgan fingerprint density at radius 3 is 1.46 bits per heavy atom. The van der Waals surface area contributed by atoms with Crippen LogP contribution in [0.4, 0.5) is 0 Å². The Hall–Kier alpha value is -5.30. The predicted molar refractivity (Wildman–Crippen MR) is 144 cm³/mol. The van der Waals surface area contributed by atoms with Gasteiger partial charge in [-0.1, -0.05) is 62.4 Å². The Morgan fingerprint density at radius 1 is 0.622 bits per heavy atom. The second kappa shape index (κ2) is 7.86. The minimum atomic E-state index is -0.319. The van der Waals surface area contributed by atoms with Crippen molar-refractivity contribution in [3.05, 3.63) is 106 Å². The number of hydrogen-bond acceptors (Lipinski definition) is 4. The number of aromatic nitrogens is 1. The summed E-state index contributed by atoms with van der Waals surface area (Å²) in [5.41, 5.74) is 7.00. The van der Waals surface area contributed by atoms with Crippen molar-refractivity contribution in [2.75, 3.05) is 0 Å². The molecule has 2 heterocycles. The fourth-order valence-electron chi connectivity index (χ4n) is 6.07. The Bertz CT molecular complexity index is 1830. The quantitative estimate of drug-likeness (QED) is 0.334. The number of hydrogen-bond donors (Lipinski definition) is 0. The molecular weight excluding hydrogens is 453 g/mol. The van der Waals surface area contributed by atoms with Crippen LogP contribution < -0.4 is 10.9 Å². The summed E-state index contributed by atoms with van der Waals surface area (Å²) in [6.07, 6.45) is 0. The Kier molecular flexibility index (Phi) is 4.71. The van der Waals surface area contributed by atoms with E-state index in [4.69, 9.17) is 0 Å². The molecule has 0 radical (unpaired) electrons. The molecule has 1 aliphatic heterocycles. The lowest BCUT2D eigenvalue weighted by Gasteiger charge is -2.39. The number of benzene rings is 4. The first-order valence-electron chi connectivity index (χ1n) is 11.9. The van der Waals surface area contributed by atoms with Crippen LogP contribution in [0.15, 0.2) is 72.8 Å². The van der Waals surface area contributed by atoms with Gasteiger partial charge >= 0.3 is 6.85 Å². The first-order chi connectivity index (χ1) is 17.9. The minimum Gasteiger partial charge on any atom is -0.374 e. The van der Waals surface area contributed by atoms with Crippen molar-refractivity contribution in [3.63, 3.8) is 0 Å². The molecule has 1 aromatic heterocycles. The van der Waals surface area contributed by atoms with Gasteiger partial charge in [-0.3, -0.25) is 0 Å². The van der Waals surface area contributed by atoms with E-state index in [1.807, 2.05) is 24.3 Å². The monoisotopic (exact) mass is 471 g/mol. The first-order valence-corrected chi connectivity index (χ1v) is 11.9. The lowest BCUT2D eigenvalue weighted by molar-refractivity contribution is 0.645. The maximum atomic E-state index is 10.2. The molecule has 0 N–H and O–H groups in total. The van der Waals surface area contributed by atoms with Crippen molar-refractivity contribution in [3.8, 4) is 24.3 Å². The van der Waals surface area contributed by atoms with Gasteiger partial charge in [0.05, 0.1) is 45.4 Å². The number of nitriles is 4. The summed E-state index contributed by atoms with van der Waals surface area (Å²) < 4.78 is 2.08. The number of fused-ring (bicyclic) bond motifs is 5. The molecule has 5 aromatic rings. The molecule has 170 valence electrons. The Balaban J connectivity index is 1.89. The zero-order valence-electron chi connectivity index (χ0n) is 20.2. The highest BCUT2D eigenvalue weighted by Gasteiger charge is 2.42. The molecule has 0 atom stereocenters. The lowest BCUT2D eigenvalue weighted by atomic mass is 9.41. The Labute approximate surface area is 214 Å². The molecule has 0 unspecified atom stereocenters. The summed E-state index contributed by atoms with van der Waals surface area (Å²) in [5, 5.41) is 41.2. The molecule has 6 heteroatoms. The van der Waals surface area contributed by atoms with Gasteiger partial charge in [0.2, 0.25) is 0 Å². The first kappa shape index (κ1) is 22.2. The third kappa shape index (κ3) is 2.94. The van der Waals surface area contributed by atoms with Crippen molar-refractivity contribution in [2.24, 2.45) is 0 Å². The number of nitrogens with zero attached hydrogens (tertiary/aromatic N) is 5. The third-order valence-corrected chi connectivity index (χ3v) is 7.61. The standard InChI is InChI=1S/C31H18BN5/c1-31(2)25-7-3-5-9-27(25)32(28-10-6-4-8-26(28)31)37-29-21(17-35)11-19(15-33)13-23(29)24-14-20(16-34)12-22(18-36)30(24)37/h3-14H,1-2H3. The molecule has 5 nitrogen and oxygen atoms in total. The van der Waals surface area contributed by atoms with Gasteiger partial charge in [-0.25, -0.2) is 0 Å². The summed E-state index contributed by atoms with van der Waals surface area (Å²) in [5.74, 6) is 0. The van der Waals surface area contributed by atoms with Crippen LogP contribution in [0.3, 0.4) is 0 Å². The highest BCUT2D eigenvalue weighted by atomic mass is 14.9. The number of rotatable bonds is 1. The lowest BCUT2D eigenvalue weighted by Crippen LogP contribution is -2.58. The molecule has 0 amide bonds. The second-order valence-electron chi connectivity index (χ2n) is 9.86. The van der Waals surface area contributed by atoms with Crippen molar-refractivity contribution in [1.82, 2.24) is 4.48 Å². The maximum absolute atomic E-state index is 10.2. The zero-order chi connectivity index (χ0) is 25.9. The van der Waals surface area contributed by atoms with Crippen LogP contribution in [0.1, 0.15) is 47.2 Å². The molecule has 0 saturated heterocycles. The van der Waals surface area contributed by atoms with Crippen LogP contribution in [0.5, 0.6) is 0 Å². The summed E-state index contributed by atoms with van der Waals surface area (Å²) in [6.45, 7) is 4.11. The van der Waals surface area contributed by atoms with Gasteiger partial charge < -0.3 is 4.48 Å². The van der Waals surface area contributed by atoms with Gasteiger partial charge in [0.15, 0.2) is 0 Å². The zero-order valence-corrected chi connectivity index (χ0v) is 20.2. The molecular formula is C31H18BN5. The van der Waals surface area contributed by atoms with Gasteiger partial charge in [0, 0.05) is 16.2 Å². The van der Waals surface area contributed by atoms with E-state index in [1.54, 1.807) is 24.3 Å². The second-order valence-corrected chi connectivity index (χ2v) is 9.86. The van der Waals surface area contributed by atoms with Crippen molar-refractivity contribution < 1.29 is 0 Å². The SMILES string of the molecule is CC1(C)c2ccccc2B(n2c3c(C#N)cc(C#N)cc3c3cc(C#N)cc(C#N)c32)c2ccccc21. The van der Waals surface area contributed by atoms with Crippen LogP contribution in [0.25, 0.3) is 21.8 Å². The summed E-state index contributed by atoms with van der Waals surface area (Å²) in [6, 6.07) is 32.2. The van der Waals surface area contributed by atoms with E-state index in [9.17, 15) is 21.0 Å². The normalized spacial score (nSPS) is 13.2. The van der Waals surface area contributed by atoms with E-state index in [-0.39, 0.29) is 12.3 Å². The molecule has 1 aliphatic rings. The average molecular weight is 471 g/mol. The smallest absolute Gasteiger partial charge is 0.328 e. The third-order valence-electron chi connectivity index (χ3n) is 7.61. The highest BCUT2D eigenvalue weighted by molar-refractivity contribution is 6.86. The summed E-state index contributed by atoms with van der Waals surface area (Å²) in [4.78, 5) is 0. The molecule has 0 spiro atoms. The average Bonchev–Trinajstić information content (AvgIpc) is 3.26.